The van der Waals surface area contributed by atoms with Crippen LogP contribution in [0.2, 0.25) is 0 Å². The number of rotatable bonds is 2. The van der Waals surface area contributed by atoms with Crippen molar-refractivity contribution in [3.8, 4) is 5.75 Å². The van der Waals surface area contributed by atoms with Crippen LogP contribution < -0.4 is 17.1 Å². The van der Waals surface area contributed by atoms with Crippen LogP contribution in [0.4, 0.5) is 5.69 Å². The Morgan fingerprint density at radius 3 is 2.62 bits per heavy atom. The molecule has 0 amide bonds. The first-order valence-corrected chi connectivity index (χ1v) is 5.41. The largest absolute Gasteiger partial charge is 1.00 e. The third-order valence-electron chi connectivity index (χ3n) is 2.87. The molecule has 1 aromatic rings. The summed E-state index contributed by atoms with van der Waals surface area (Å²) in [5.41, 5.74) is 2.73. The summed E-state index contributed by atoms with van der Waals surface area (Å²) in [5.74, 6) is 0.966. The summed E-state index contributed by atoms with van der Waals surface area (Å²) < 4.78 is 7.71. The van der Waals surface area contributed by atoms with E-state index in [0.717, 1.165) is 12.4 Å². The molecule has 3 heteroatoms. The van der Waals surface area contributed by atoms with Gasteiger partial charge in [0.2, 0.25) is 5.69 Å². The van der Waals surface area contributed by atoms with Crippen LogP contribution in [0.3, 0.4) is 0 Å². The average molecular weight is 240 g/mol. The highest BCUT2D eigenvalue weighted by Crippen LogP contribution is 2.37. The molecule has 0 saturated carbocycles. The van der Waals surface area contributed by atoms with Crippen LogP contribution in [0.25, 0.3) is 0 Å². The first kappa shape index (κ1) is 13.0. The molecule has 0 aliphatic carbocycles. The zero-order valence-corrected chi connectivity index (χ0v) is 11.0. The van der Waals surface area contributed by atoms with E-state index in [2.05, 4.69) is 43.8 Å². The van der Waals surface area contributed by atoms with Crippen LogP contribution >= 0.6 is 0 Å². The van der Waals surface area contributed by atoms with Gasteiger partial charge in [0.1, 0.15) is 12.8 Å². The van der Waals surface area contributed by atoms with Gasteiger partial charge in [-0.3, -0.25) is 0 Å². The first-order valence-electron chi connectivity index (χ1n) is 5.41. The molecule has 0 saturated heterocycles. The molecule has 0 radical (unpaired) electrons. The minimum atomic E-state index is 0. The molecule has 2 nitrogen and oxygen atoms in total. The maximum atomic E-state index is 5.53. The molecule has 1 aromatic carbocycles. The lowest BCUT2D eigenvalue weighted by Crippen LogP contribution is -3.00. The fraction of sp³-hybridized carbons (Fsp3) is 0.462. The van der Waals surface area contributed by atoms with Gasteiger partial charge in [-0.25, -0.2) is 4.58 Å². The van der Waals surface area contributed by atoms with Gasteiger partial charge in [0, 0.05) is 11.6 Å². The van der Waals surface area contributed by atoms with E-state index in [1.165, 1.54) is 11.3 Å². The zero-order chi connectivity index (χ0) is 11.1. The molecule has 0 unspecified atom stereocenters. The summed E-state index contributed by atoms with van der Waals surface area (Å²) in [7, 11) is 2.09. The molecular weight excluding hydrogens is 222 g/mol. The molecule has 0 aromatic heterocycles. The predicted octanol–water partition coefficient (Wildman–Crippen LogP) is -0.275. The fourth-order valence-electron chi connectivity index (χ4n) is 2.22. The SMILES string of the molecule is CCOc1ccc2c(c1)C(C)(C)C=[N+]2C.[Cl-]. The van der Waals surface area contributed by atoms with Gasteiger partial charge >= 0.3 is 0 Å². The van der Waals surface area contributed by atoms with E-state index in [1.807, 2.05) is 13.0 Å². The second-order valence-corrected chi connectivity index (χ2v) is 4.57. The molecule has 0 N–H and O–H groups in total. The summed E-state index contributed by atoms with van der Waals surface area (Å²) in [4.78, 5) is 0. The lowest BCUT2D eigenvalue weighted by atomic mass is 9.87. The highest BCUT2D eigenvalue weighted by atomic mass is 35.5. The highest BCUT2D eigenvalue weighted by molar-refractivity contribution is 5.77. The Balaban J connectivity index is 0.00000128. The summed E-state index contributed by atoms with van der Waals surface area (Å²) >= 11 is 0. The van der Waals surface area contributed by atoms with Gasteiger partial charge in [0.25, 0.3) is 0 Å². The zero-order valence-electron chi connectivity index (χ0n) is 10.2. The van der Waals surface area contributed by atoms with E-state index in [0.29, 0.717) is 0 Å². The van der Waals surface area contributed by atoms with Crippen molar-refractivity contribution >= 4 is 11.9 Å². The van der Waals surface area contributed by atoms with E-state index < -0.39 is 0 Å². The number of ether oxygens (including phenoxy) is 1. The Morgan fingerprint density at radius 1 is 1.31 bits per heavy atom. The third kappa shape index (κ3) is 2.07. The quantitative estimate of drug-likeness (QED) is 0.647. The van der Waals surface area contributed by atoms with Crippen LogP contribution in [0, 0.1) is 0 Å². The number of hydrogen-bond acceptors (Lipinski definition) is 1. The summed E-state index contributed by atoms with van der Waals surface area (Å²) in [6.45, 7) is 7.19. The van der Waals surface area contributed by atoms with Crippen LogP contribution in [0.15, 0.2) is 18.2 Å². The smallest absolute Gasteiger partial charge is 0.209 e. The molecule has 2 rings (SSSR count). The van der Waals surface area contributed by atoms with Gasteiger partial charge in [0.15, 0.2) is 6.21 Å². The lowest BCUT2D eigenvalue weighted by molar-refractivity contribution is -0.397. The fourth-order valence-corrected chi connectivity index (χ4v) is 2.22. The molecular formula is C13H18ClNO. The van der Waals surface area contributed by atoms with Crippen molar-refractivity contribution in [1.29, 1.82) is 0 Å². The van der Waals surface area contributed by atoms with Gasteiger partial charge in [0.05, 0.1) is 12.0 Å². The second-order valence-electron chi connectivity index (χ2n) is 4.57. The molecule has 0 spiro atoms. The number of halogens is 1. The van der Waals surface area contributed by atoms with Crippen molar-refractivity contribution in [3.63, 3.8) is 0 Å². The van der Waals surface area contributed by atoms with E-state index >= 15 is 0 Å². The minimum absolute atomic E-state index is 0. The van der Waals surface area contributed by atoms with Crippen molar-refractivity contribution < 1.29 is 21.7 Å². The van der Waals surface area contributed by atoms with Crippen LogP contribution in [-0.4, -0.2) is 24.4 Å². The summed E-state index contributed by atoms with van der Waals surface area (Å²) in [6, 6.07) is 6.32. The highest BCUT2D eigenvalue weighted by Gasteiger charge is 2.35. The van der Waals surface area contributed by atoms with Gasteiger partial charge in [-0.2, -0.15) is 0 Å². The topological polar surface area (TPSA) is 12.2 Å². The van der Waals surface area contributed by atoms with Crippen molar-refractivity contribution in [2.24, 2.45) is 0 Å². The second kappa shape index (κ2) is 4.46. The van der Waals surface area contributed by atoms with E-state index in [1.54, 1.807) is 0 Å². The molecule has 1 heterocycles. The number of fused-ring (bicyclic) bond motifs is 1. The van der Waals surface area contributed by atoms with Crippen LogP contribution in [0.1, 0.15) is 26.3 Å². The van der Waals surface area contributed by atoms with Crippen molar-refractivity contribution in [1.82, 2.24) is 0 Å². The van der Waals surface area contributed by atoms with Gasteiger partial charge in [-0.05, 0) is 32.9 Å². The number of hydrogen-bond donors (Lipinski definition) is 0. The van der Waals surface area contributed by atoms with Gasteiger partial charge in [-0.1, -0.05) is 0 Å². The van der Waals surface area contributed by atoms with E-state index in [-0.39, 0.29) is 17.8 Å². The maximum absolute atomic E-state index is 5.53. The predicted molar refractivity (Wildman–Crippen MR) is 62.5 cm³/mol. The Kier molecular flexibility index (Phi) is 3.64. The summed E-state index contributed by atoms with van der Waals surface area (Å²) in [5, 5.41) is 0. The first-order chi connectivity index (χ1) is 7.04. The normalized spacial score (nSPS) is 16.1. The number of benzene rings is 1. The Morgan fingerprint density at radius 2 is 2.00 bits per heavy atom. The van der Waals surface area contributed by atoms with Crippen molar-refractivity contribution in [2.45, 2.75) is 26.2 Å². The Labute approximate surface area is 103 Å². The van der Waals surface area contributed by atoms with E-state index in [4.69, 9.17) is 4.74 Å². The molecule has 1 aliphatic heterocycles. The monoisotopic (exact) mass is 239 g/mol. The molecule has 16 heavy (non-hydrogen) atoms. The maximum Gasteiger partial charge on any atom is 0.209 e. The average Bonchev–Trinajstić information content (AvgIpc) is 2.38. The molecule has 0 bridgehead atoms. The van der Waals surface area contributed by atoms with Crippen LogP contribution in [0.5, 0.6) is 5.75 Å². The molecule has 88 valence electrons. The minimum Gasteiger partial charge on any atom is -1.00 e. The van der Waals surface area contributed by atoms with Gasteiger partial charge in [-0.15, -0.1) is 0 Å². The molecule has 0 atom stereocenters. The van der Waals surface area contributed by atoms with Crippen LogP contribution in [-0.2, 0) is 5.41 Å². The lowest BCUT2D eigenvalue weighted by Gasteiger charge is -2.12. The Hall–Kier alpha value is -1.02. The van der Waals surface area contributed by atoms with E-state index in [9.17, 15) is 0 Å². The van der Waals surface area contributed by atoms with Gasteiger partial charge < -0.3 is 17.1 Å². The standard InChI is InChI=1S/C13H18NO.ClH/c1-5-15-10-6-7-12-11(8-10)13(2,3)9-14(12)4;/h6-9H,5H2,1-4H3;1H/q+1;/p-1. The Bertz CT molecular complexity index is 424. The van der Waals surface area contributed by atoms with Crippen molar-refractivity contribution in [3.05, 3.63) is 23.8 Å². The molecule has 1 aliphatic rings. The van der Waals surface area contributed by atoms with Crippen molar-refractivity contribution in [2.75, 3.05) is 13.7 Å². The summed E-state index contributed by atoms with van der Waals surface area (Å²) in [6.07, 6.45) is 2.24. The number of nitrogens with zero attached hydrogens (tertiary/aromatic N) is 1. The third-order valence-corrected chi connectivity index (χ3v) is 2.87. The molecule has 0 fully saturated rings.